The van der Waals surface area contributed by atoms with Crippen LogP contribution in [0.3, 0.4) is 0 Å². The average molecular weight is 341 g/mol. The Kier molecular flexibility index (Phi) is 7.78. The standard InChI is InChI=1S/C18H36N4O2/c1-14(2)17(22-10-8-21(3)9-11-22)12-19-18(24)20-16-7-5-4-6-15(16)13-23/h14-17,23H,4-13H2,1-3H3,(H2,19,20,24). The molecule has 2 aliphatic rings. The van der Waals surface area contributed by atoms with Gasteiger partial charge in [0.15, 0.2) is 0 Å². The third kappa shape index (κ3) is 5.60. The summed E-state index contributed by atoms with van der Waals surface area (Å²) in [5.41, 5.74) is 0. The number of aliphatic hydroxyl groups is 1. The van der Waals surface area contributed by atoms with Crippen molar-refractivity contribution in [3.05, 3.63) is 0 Å². The normalized spacial score (nSPS) is 27.9. The Bertz CT molecular complexity index is 383. The molecule has 0 radical (unpaired) electrons. The highest BCUT2D eigenvalue weighted by Crippen LogP contribution is 2.23. The zero-order valence-corrected chi connectivity index (χ0v) is 15.6. The Morgan fingerprint density at radius 3 is 2.46 bits per heavy atom. The lowest BCUT2D eigenvalue weighted by atomic mass is 9.85. The van der Waals surface area contributed by atoms with Crippen LogP contribution in [-0.2, 0) is 0 Å². The number of hydrogen-bond acceptors (Lipinski definition) is 4. The van der Waals surface area contributed by atoms with E-state index in [9.17, 15) is 9.90 Å². The molecule has 140 valence electrons. The van der Waals surface area contributed by atoms with Crippen molar-refractivity contribution in [1.29, 1.82) is 0 Å². The molecule has 3 atom stereocenters. The van der Waals surface area contributed by atoms with Crippen molar-refractivity contribution < 1.29 is 9.90 Å². The molecule has 3 N–H and O–H groups in total. The average Bonchev–Trinajstić information content (AvgIpc) is 2.57. The molecule has 0 bridgehead atoms. The fourth-order valence-electron chi connectivity index (χ4n) is 3.97. The van der Waals surface area contributed by atoms with Crippen LogP contribution in [0.15, 0.2) is 0 Å². The second-order valence-corrected chi connectivity index (χ2v) is 7.84. The molecule has 1 saturated carbocycles. The van der Waals surface area contributed by atoms with Crippen LogP contribution in [0.25, 0.3) is 0 Å². The summed E-state index contributed by atoms with van der Waals surface area (Å²) in [5, 5.41) is 15.6. The van der Waals surface area contributed by atoms with Crippen LogP contribution in [-0.4, -0.2) is 79.4 Å². The summed E-state index contributed by atoms with van der Waals surface area (Å²) in [5.74, 6) is 0.719. The van der Waals surface area contributed by atoms with E-state index in [1.807, 2.05) is 0 Å². The van der Waals surface area contributed by atoms with E-state index < -0.39 is 0 Å². The molecule has 0 aromatic carbocycles. The van der Waals surface area contributed by atoms with Crippen LogP contribution in [0.4, 0.5) is 4.79 Å². The maximum Gasteiger partial charge on any atom is 0.315 e. The van der Waals surface area contributed by atoms with E-state index in [4.69, 9.17) is 0 Å². The number of amides is 2. The highest BCUT2D eigenvalue weighted by atomic mass is 16.3. The Labute approximate surface area is 147 Å². The first-order valence-corrected chi connectivity index (χ1v) is 9.59. The van der Waals surface area contributed by atoms with Crippen LogP contribution in [0, 0.1) is 11.8 Å². The highest BCUT2D eigenvalue weighted by molar-refractivity contribution is 5.74. The first kappa shape index (κ1) is 19.5. The molecule has 1 saturated heterocycles. The van der Waals surface area contributed by atoms with Crippen molar-refractivity contribution in [1.82, 2.24) is 20.4 Å². The van der Waals surface area contributed by atoms with Crippen molar-refractivity contribution in [3.8, 4) is 0 Å². The van der Waals surface area contributed by atoms with Gasteiger partial charge in [0.25, 0.3) is 0 Å². The van der Waals surface area contributed by atoms with Gasteiger partial charge in [0, 0.05) is 57.3 Å². The molecule has 2 amide bonds. The van der Waals surface area contributed by atoms with E-state index in [2.05, 4.69) is 41.3 Å². The third-order valence-corrected chi connectivity index (χ3v) is 5.71. The second kappa shape index (κ2) is 9.59. The van der Waals surface area contributed by atoms with Gasteiger partial charge in [0.2, 0.25) is 0 Å². The van der Waals surface area contributed by atoms with E-state index in [1.54, 1.807) is 0 Å². The molecule has 3 unspecified atom stereocenters. The van der Waals surface area contributed by atoms with Crippen molar-refractivity contribution >= 4 is 6.03 Å². The van der Waals surface area contributed by atoms with Gasteiger partial charge in [-0.1, -0.05) is 26.7 Å². The van der Waals surface area contributed by atoms with Gasteiger partial charge in [-0.3, -0.25) is 4.90 Å². The summed E-state index contributed by atoms with van der Waals surface area (Å²) in [6, 6.07) is 0.412. The predicted octanol–water partition coefficient (Wildman–Crippen LogP) is 1.11. The van der Waals surface area contributed by atoms with Crippen LogP contribution in [0.2, 0.25) is 0 Å². The molecule has 0 spiro atoms. The first-order valence-electron chi connectivity index (χ1n) is 9.59. The molecule has 0 aromatic heterocycles. The lowest BCUT2D eigenvalue weighted by molar-refractivity contribution is 0.0883. The minimum Gasteiger partial charge on any atom is -0.396 e. The van der Waals surface area contributed by atoms with Crippen molar-refractivity contribution in [2.24, 2.45) is 11.8 Å². The minimum absolute atomic E-state index is 0.0832. The fraction of sp³-hybridized carbons (Fsp3) is 0.944. The Hall–Kier alpha value is -0.850. The SMILES string of the molecule is CC(C)C(CNC(=O)NC1CCCCC1CO)N1CCN(C)CC1. The summed E-state index contributed by atoms with van der Waals surface area (Å²) < 4.78 is 0. The van der Waals surface area contributed by atoms with E-state index in [1.165, 1.54) is 0 Å². The molecular weight excluding hydrogens is 304 g/mol. The monoisotopic (exact) mass is 340 g/mol. The fourth-order valence-corrected chi connectivity index (χ4v) is 3.97. The third-order valence-electron chi connectivity index (χ3n) is 5.71. The second-order valence-electron chi connectivity index (χ2n) is 7.84. The van der Waals surface area contributed by atoms with E-state index in [0.29, 0.717) is 18.5 Å². The molecule has 1 aliphatic carbocycles. The molecule has 6 nitrogen and oxygen atoms in total. The van der Waals surface area contributed by atoms with Crippen molar-refractivity contribution in [2.45, 2.75) is 51.6 Å². The number of aliphatic hydroxyl groups excluding tert-OH is 1. The summed E-state index contributed by atoms with van der Waals surface area (Å²) in [6.45, 7) is 9.63. The topological polar surface area (TPSA) is 67.8 Å². The number of urea groups is 1. The summed E-state index contributed by atoms with van der Waals surface area (Å²) in [6.07, 6.45) is 4.28. The molecule has 1 heterocycles. The Morgan fingerprint density at radius 2 is 1.83 bits per heavy atom. The first-order chi connectivity index (χ1) is 11.5. The zero-order valence-electron chi connectivity index (χ0n) is 15.6. The molecule has 6 heteroatoms. The number of nitrogens with zero attached hydrogens (tertiary/aromatic N) is 2. The Balaban J connectivity index is 1.79. The van der Waals surface area contributed by atoms with Gasteiger partial charge in [-0.15, -0.1) is 0 Å². The van der Waals surface area contributed by atoms with Gasteiger partial charge in [0.1, 0.15) is 0 Å². The minimum atomic E-state index is -0.0832. The van der Waals surface area contributed by atoms with Gasteiger partial charge in [0.05, 0.1) is 0 Å². The summed E-state index contributed by atoms with van der Waals surface area (Å²) in [4.78, 5) is 17.2. The quantitative estimate of drug-likeness (QED) is 0.678. The Morgan fingerprint density at radius 1 is 1.17 bits per heavy atom. The van der Waals surface area contributed by atoms with Gasteiger partial charge >= 0.3 is 6.03 Å². The van der Waals surface area contributed by atoms with Gasteiger partial charge < -0.3 is 20.6 Å². The molecule has 2 rings (SSSR count). The number of likely N-dealkylation sites (N-methyl/N-ethyl adjacent to an activating group) is 1. The van der Waals surface area contributed by atoms with Crippen LogP contribution >= 0.6 is 0 Å². The molecule has 2 fully saturated rings. The summed E-state index contributed by atoms with van der Waals surface area (Å²) in [7, 11) is 2.16. The maximum atomic E-state index is 12.3. The molecular formula is C18H36N4O2. The van der Waals surface area contributed by atoms with Gasteiger partial charge in [-0.25, -0.2) is 4.79 Å². The zero-order chi connectivity index (χ0) is 17.5. The maximum absolute atomic E-state index is 12.3. The highest BCUT2D eigenvalue weighted by Gasteiger charge is 2.28. The van der Waals surface area contributed by atoms with Gasteiger partial charge in [-0.05, 0) is 25.8 Å². The number of piperazine rings is 1. The number of nitrogens with one attached hydrogen (secondary N) is 2. The van der Waals surface area contributed by atoms with E-state index >= 15 is 0 Å². The van der Waals surface area contributed by atoms with E-state index in [0.717, 1.165) is 51.9 Å². The van der Waals surface area contributed by atoms with E-state index in [-0.39, 0.29) is 24.6 Å². The van der Waals surface area contributed by atoms with Crippen molar-refractivity contribution in [3.63, 3.8) is 0 Å². The largest absolute Gasteiger partial charge is 0.396 e. The van der Waals surface area contributed by atoms with Gasteiger partial charge in [-0.2, -0.15) is 0 Å². The number of rotatable bonds is 6. The molecule has 24 heavy (non-hydrogen) atoms. The molecule has 0 aromatic rings. The van der Waals surface area contributed by atoms with Crippen LogP contribution in [0.5, 0.6) is 0 Å². The lowest BCUT2D eigenvalue weighted by Gasteiger charge is -2.40. The van der Waals surface area contributed by atoms with Crippen LogP contribution in [0.1, 0.15) is 39.5 Å². The number of carbonyl (C=O) groups is 1. The lowest BCUT2D eigenvalue weighted by Crippen LogP contribution is -2.56. The smallest absolute Gasteiger partial charge is 0.315 e. The van der Waals surface area contributed by atoms with Crippen LogP contribution < -0.4 is 10.6 Å². The summed E-state index contributed by atoms with van der Waals surface area (Å²) >= 11 is 0. The number of hydrogen-bond donors (Lipinski definition) is 3. The molecule has 1 aliphatic heterocycles. The predicted molar refractivity (Wildman–Crippen MR) is 97.1 cm³/mol. The van der Waals surface area contributed by atoms with Crippen molar-refractivity contribution in [2.75, 3.05) is 46.4 Å². The number of carbonyl (C=O) groups excluding carboxylic acids is 1.